The Hall–Kier alpha value is -2.75. The average Bonchev–Trinajstić information content (AvgIpc) is 2.97. The van der Waals surface area contributed by atoms with Gasteiger partial charge < -0.3 is 4.42 Å². The Morgan fingerprint density at radius 3 is 1.89 bits per heavy atom. The Kier molecular flexibility index (Phi) is 3.84. The zero-order chi connectivity index (χ0) is 19.4. The van der Waals surface area contributed by atoms with Crippen molar-refractivity contribution in [3.8, 4) is 11.4 Å². The molecule has 0 spiro atoms. The van der Waals surface area contributed by atoms with Crippen LogP contribution in [0.4, 0.5) is 0 Å². The second-order valence-electron chi connectivity index (χ2n) is 9.12. The SMILES string of the molecule is CC(C)(C)c1nc(-c2ccc3oc4ccccc4c3c2)nc(C(C)(C)C)n1. The summed E-state index contributed by atoms with van der Waals surface area (Å²) in [5, 5.41) is 2.19. The maximum absolute atomic E-state index is 5.95. The summed E-state index contributed by atoms with van der Waals surface area (Å²) in [6.45, 7) is 12.8. The summed E-state index contributed by atoms with van der Waals surface area (Å²) in [5.74, 6) is 2.34. The molecule has 2 aromatic heterocycles. The number of fused-ring (bicyclic) bond motifs is 3. The summed E-state index contributed by atoms with van der Waals surface area (Å²) in [6.07, 6.45) is 0. The molecule has 0 aliphatic carbocycles. The van der Waals surface area contributed by atoms with Crippen LogP contribution < -0.4 is 0 Å². The molecule has 0 fully saturated rings. The van der Waals surface area contributed by atoms with Crippen LogP contribution in [0.5, 0.6) is 0 Å². The summed E-state index contributed by atoms with van der Waals surface area (Å²) in [4.78, 5) is 14.4. The number of furan rings is 1. The summed E-state index contributed by atoms with van der Waals surface area (Å²) >= 11 is 0. The lowest BCUT2D eigenvalue weighted by Crippen LogP contribution is -2.24. The van der Waals surface area contributed by atoms with Crippen molar-refractivity contribution in [1.82, 2.24) is 15.0 Å². The van der Waals surface area contributed by atoms with Gasteiger partial charge >= 0.3 is 0 Å². The van der Waals surface area contributed by atoms with Crippen molar-refractivity contribution in [3.05, 3.63) is 54.1 Å². The molecule has 0 radical (unpaired) electrons. The number of para-hydroxylation sites is 1. The molecule has 0 saturated carbocycles. The molecule has 0 aliphatic heterocycles. The van der Waals surface area contributed by atoms with E-state index in [2.05, 4.69) is 53.7 Å². The van der Waals surface area contributed by atoms with Gasteiger partial charge in [0.1, 0.15) is 22.8 Å². The van der Waals surface area contributed by atoms with E-state index in [0.29, 0.717) is 5.82 Å². The summed E-state index contributed by atoms with van der Waals surface area (Å²) < 4.78 is 5.95. The summed E-state index contributed by atoms with van der Waals surface area (Å²) in [6, 6.07) is 14.2. The highest BCUT2D eigenvalue weighted by atomic mass is 16.3. The fraction of sp³-hybridized carbons (Fsp3) is 0.348. The number of rotatable bonds is 1. The molecular formula is C23H25N3O. The van der Waals surface area contributed by atoms with Crippen LogP contribution in [-0.4, -0.2) is 15.0 Å². The maximum Gasteiger partial charge on any atom is 0.163 e. The molecule has 0 aliphatic rings. The van der Waals surface area contributed by atoms with E-state index in [1.54, 1.807) is 0 Å². The Balaban J connectivity index is 1.95. The van der Waals surface area contributed by atoms with Gasteiger partial charge in [-0.3, -0.25) is 0 Å². The Bertz CT molecular complexity index is 1110. The molecule has 0 amide bonds. The molecule has 4 aromatic rings. The van der Waals surface area contributed by atoms with Crippen LogP contribution in [0.3, 0.4) is 0 Å². The highest BCUT2D eigenvalue weighted by molar-refractivity contribution is 6.06. The van der Waals surface area contributed by atoms with Gasteiger partial charge in [-0.2, -0.15) is 0 Å². The van der Waals surface area contributed by atoms with Crippen LogP contribution in [0.1, 0.15) is 53.2 Å². The molecule has 0 unspecified atom stereocenters. The molecule has 4 rings (SSSR count). The van der Waals surface area contributed by atoms with Gasteiger partial charge in [0.25, 0.3) is 0 Å². The molecule has 0 saturated heterocycles. The molecular weight excluding hydrogens is 334 g/mol. The highest BCUT2D eigenvalue weighted by Crippen LogP contribution is 2.32. The zero-order valence-corrected chi connectivity index (χ0v) is 16.8. The van der Waals surface area contributed by atoms with E-state index in [1.165, 1.54) is 0 Å². The third kappa shape index (κ3) is 3.20. The molecule has 2 heterocycles. The molecule has 0 bridgehead atoms. The minimum Gasteiger partial charge on any atom is -0.456 e. The van der Waals surface area contributed by atoms with Crippen LogP contribution >= 0.6 is 0 Å². The van der Waals surface area contributed by atoms with E-state index in [-0.39, 0.29) is 10.8 Å². The first-order chi connectivity index (χ1) is 12.6. The lowest BCUT2D eigenvalue weighted by Gasteiger charge is -2.22. The highest BCUT2D eigenvalue weighted by Gasteiger charge is 2.25. The zero-order valence-electron chi connectivity index (χ0n) is 16.8. The number of benzene rings is 2. The number of hydrogen-bond acceptors (Lipinski definition) is 4. The van der Waals surface area contributed by atoms with Crippen LogP contribution in [-0.2, 0) is 10.8 Å². The first-order valence-corrected chi connectivity index (χ1v) is 9.32. The predicted octanol–water partition coefficient (Wildman–Crippen LogP) is 6.03. The van der Waals surface area contributed by atoms with Gasteiger partial charge in [0, 0.05) is 27.2 Å². The largest absolute Gasteiger partial charge is 0.456 e. The molecule has 2 aromatic carbocycles. The van der Waals surface area contributed by atoms with E-state index < -0.39 is 0 Å². The van der Waals surface area contributed by atoms with E-state index in [1.807, 2.05) is 30.3 Å². The van der Waals surface area contributed by atoms with Gasteiger partial charge in [-0.15, -0.1) is 0 Å². The first kappa shape index (κ1) is 17.7. The van der Waals surface area contributed by atoms with Crippen LogP contribution in [0.25, 0.3) is 33.3 Å². The fourth-order valence-electron chi connectivity index (χ4n) is 3.04. The van der Waals surface area contributed by atoms with Crippen molar-refractivity contribution in [2.24, 2.45) is 0 Å². The first-order valence-electron chi connectivity index (χ1n) is 9.32. The quantitative estimate of drug-likeness (QED) is 0.416. The third-order valence-corrected chi connectivity index (χ3v) is 4.61. The molecule has 4 nitrogen and oxygen atoms in total. The van der Waals surface area contributed by atoms with Gasteiger partial charge in [0.15, 0.2) is 5.82 Å². The Labute approximate surface area is 159 Å². The molecule has 0 N–H and O–H groups in total. The third-order valence-electron chi connectivity index (χ3n) is 4.61. The van der Waals surface area contributed by atoms with Crippen LogP contribution in [0.2, 0.25) is 0 Å². The Morgan fingerprint density at radius 2 is 1.26 bits per heavy atom. The molecule has 27 heavy (non-hydrogen) atoms. The minimum atomic E-state index is -0.149. The lowest BCUT2D eigenvalue weighted by atomic mass is 9.93. The number of nitrogens with zero attached hydrogens (tertiary/aromatic N) is 3. The van der Waals surface area contributed by atoms with Crippen molar-refractivity contribution in [2.75, 3.05) is 0 Å². The Morgan fingerprint density at radius 1 is 0.667 bits per heavy atom. The van der Waals surface area contributed by atoms with E-state index in [9.17, 15) is 0 Å². The van der Waals surface area contributed by atoms with Gasteiger partial charge in [0.05, 0.1) is 0 Å². The van der Waals surface area contributed by atoms with E-state index in [0.717, 1.165) is 39.2 Å². The number of hydrogen-bond donors (Lipinski definition) is 0. The standard InChI is InChI=1S/C23H25N3O/c1-22(2,3)20-24-19(25-21(26-20)23(4,5)6)14-11-12-18-16(13-14)15-9-7-8-10-17(15)27-18/h7-13H,1-6H3. The minimum absolute atomic E-state index is 0.149. The average molecular weight is 359 g/mol. The van der Waals surface area contributed by atoms with Crippen LogP contribution in [0, 0.1) is 0 Å². The van der Waals surface area contributed by atoms with Crippen molar-refractivity contribution >= 4 is 21.9 Å². The monoisotopic (exact) mass is 359 g/mol. The van der Waals surface area contributed by atoms with Crippen LogP contribution in [0.15, 0.2) is 46.9 Å². The molecule has 0 atom stereocenters. The maximum atomic E-state index is 5.95. The molecule has 4 heteroatoms. The summed E-state index contributed by atoms with van der Waals surface area (Å²) in [7, 11) is 0. The van der Waals surface area contributed by atoms with Gasteiger partial charge in [0.2, 0.25) is 0 Å². The van der Waals surface area contributed by atoms with Gasteiger partial charge in [-0.25, -0.2) is 15.0 Å². The normalized spacial score (nSPS) is 12.8. The van der Waals surface area contributed by atoms with Crippen molar-refractivity contribution in [2.45, 2.75) is 52.4 Å². The van der Waals surface area contributed by atoms with Crippen molar-refractivity contribution in [1.29, 1.82) is 0 Å². The van der Waals surface area contributed by atoms with Crippen molar-refractivity contribution < 1.29 is 4.42 Å². The second kappa shape index (κ2) is 5.88. The van der Waals surface area contributed by atoms with Crippen molar-refractivity contribution in [3.63, 3.8) is 0 Å². The molecule has 138 valence electrons. The van der Waals surface area contributed by atoms with E-state index in [4.69, 9.17) is 19.4 Å². The smallest absolute Gasteiger partial charge is 0.163 e. The van der Waals surface area contributed by atoms with E-state index >= 15 is 0 Å². The second-order valence-corrected chi connectivity index (χ2v) is 9.12. The lowest BCUT2D eigenvalue weighted by molar-refractivity contribution is 0.497. The topological polar surface area (TPSA) is 51.8 Å². The number of aromatic nitrogens is 3. The van der Waals surface area contributed by atoms with Gasteiger partial charge in [-0.1, -0.05) is 59.7 Å². The van der Waals surface area contributed by atoms with Gasteiger partial charge in [-0.05, 0) is 24.3 Å². The fourth-order valence-corrected chi connectivity index (χ4v) is 3.04. The predicted molar refractivity (Wildman–Crippen MR) is 110 cm³/mol. The summed E-state index contributed by atoms with van der Waals surface area (Å²) in [5.41, 5.74) is 2.45.